The lowest BCUT2D eigenvalue weighted by atomic mass is 9.96. The lowest BCUT2D eigenvalue weighted by Crippen LogP contribution is -2.40. The van der Waals surface area contributed by atoms with E-state index in [0.717, 1.165) is 47.8 Å². The number of anilines is 1. The number of benzene rings is 1. The third-order valence-electron chi connectivity index (χ3n) is 5.41. The third-order valence-corrected chi connectivity index (χ3v) is 5.41. The number of aromatic nitrogens is 4. The summed E-state index contributed by atoms with van der Waals surface area (Å²) in [7, 11) is 1.86. The van der Waals surface area contributed by atoms with Crippen molar-refractivity contribution in [3.63, 3.8) is 0 Å². The highest BCUT2D eigenvalue weighted by Gasteiger charge is 2.44. The fourth-order valence-electron chi connectivity index (χ4n) is 3.54. The van der Waals surface area contributed by atoms with Gasteiger partial charge in [0.05, 0.1) is 18.1 Å². The molecule has 1 aliphatic carbocycles. The van der Waals surface area contributed by atoms with Gasteiger partial charge in [-0.15, -0.1) is 24.0 Å². The molecule has 2 heterocycles. The molecule has 3 aromatic rings. The first-order chi connectivity index (χ1) is 14.6. The molecule has 0 spiro atoms. The first-order valence-electron chi connectivity index (χ1n) is 10.3. The van der Waals surface area contributed by atoms with Gasteiger partial charge in [0.25, 0.3) is 0 Å². The van der Waals surface area contributed by atoms with Gasteiger partial charge in [-0.25, -0.2) is 14.4 Å². The van der Waals surface area contributed by atoms with Gasteiger partial charge in [-0.1, -0.05) is 12.1 Å². The van der Waals surface area contributed by atoms with Gasteiger partial charge >= 0.3 is 0 Å². The van der Waals surface area contributed by atoms with Crippen molar-refractivity contribution in [2.45, 2.75) is 25.2 Å². The zero-order valence-corrected chi connectivity index (χ0v) is 20.1. The third kappa shape index (κ3) is 5.41. The molecule has 1 aliphatic rings. The molecule has 1 aromatic carbocycles. The maximum atomic E-state index is 13.6. The minimum atomic E-state index is -0.189. The van der Waals surface area contributed by atoms with E-state index in [-0.39, 0.29) is 35.2 Å². The van der Waals surface area contributed by atoms with Gasteiger partial charge in [-0.2, -0.15) is 5.10 Å². The lowest BCUT2D eigenvalue weighted by Gasteiger charge is -2.16. The fourth-order valence-corrected chi connectivity index (χ4v) is 3.54. The van der Waals surface area contributed by atoms with Gasteiger partial charge in [0.2, 0.25) is 0 Å². The summed E-state index contributed by atoms with van der Waals surface area (Å²) in [6, 6.07) is 6.89. The number of nitrogens with one attached hydrogen (secondary N) is 3. The molecular formula is C21H28FIN8. The molecule has 0 saturated heterocycles. The zero-order valence-electron chi connectivity index (χ0n) is 17.7. The average molecular weight is 538 g/mol. The standard InChI is InChI=1S/C21H27FN8.HI/c1-3-23-20(26-13-21(7-8-21)15-5-4-6-16(22)11-15)25-10-9-24-18-17-12-29-30(2)19(17)28-14-27-18;/h4-6,11-12,14H,3,7-10,13H2,1-2H3,(H2,23,25,26)(H,24,27,28);1H. The quantitative estimate of drug-likeness (QED) is 0.177. The SMILES string of the molecule is CCNC(=NCC1(c2cccc(F)c2)CC1)NCCNc1ncnc2c1cnn2C.I. The highest BCUT2D eigenvalue weighted by molar-refractivity contribution is 14.0. The van der Waals surface area contributed by atoms with Gasteiger partial charge in [-0.05, 0) is 37.5 Å². The summed E-state index contributed by atoms with van der Waals surface area (Å²) in [6.45, 7) is 4.79. The molecule has 8 nitrogen and oxygen atoms in total. The van der Waals surface area contributed by atoms with Crippen molar-refractivity contribution in [1.82, 2.24) is 30.4 Å². The molecule has 0 atom stereocenters. The van der Waals surface area contributed by atoms with E-state index in [1.807, 2.05) is 20.0 Å². The van der Waals surface area contributed by atoms with E-state index in [9.17, 15) is 4.39 Å². The van der Waals surface area contributed by atoms with Gasteiger partial charge in [0.1, 0.15) is 18.0 Å². The van der Waals surface area contributed by atoms with E-state index in [1.54, 1.807) is 23.0 Å². The van der Waals surface area contributed by atoms with Crippen LogP contribution in [0.5, 0.6) is 0 Å². The Labute approximate surface area is 198 Å². The van der Waals surface area contributed by atoms with Crippen LogP contribution in [0, 0.1) is 5.82 Å². The number of hydrogen-bond acceptors (Lipinski definition) is 5. The van der Waals surface area contributed by atoms with Crippen molar-refractivity contribution >= 4 is 46.8 Å². The second kappa shape index (κ2) is 10.2. The summed E-state index contributed by atoms with van der Waals surface area (Å²) in [4.78, 5) is 13.3. The van der Waals surface area contributed by atoms with Crippen LogP contribution in [-0.4, -0.2) is 51.9 Å². The van der Waals surface area contributed by atoms with E-state index in [4.69, 9.17) is 4.99 Å². The van der Waals surface area contributed by atoms with Crippen molar-refractivity contribution in [1.29, 1.82) is 0 Å². The fraction of sp³-hybridized carbons (Fsp3) is 0.429. The predicted octanol–water partition coefficient (Wildman–Crippen LogP) is 2.82. The molecule has 166 valence electrons. The number of hydrogen-bond donors (Lipinski definition) is 3. The van der Waals surface area contributed by atoms with Gasteiger partial charge in [-0.3, -0.25) is 9.67 Å². The van der Waals surface area contributed by atoms with Crippen LogP contribution in [0.3, 0.4) is 0 Å². The van der Waals surface area contributed by atoms with E-state index in [0.29, 0.717) is 19.6 Å². The summed E-state index contributed by atoms with van der Waals surface area (Å²) in [5.41, 5.74) is 1.80. The molecule has 4 rings (SSSR count). The van der Waals surface area contributed by atoms with Gasteiger partial charge in [0, 0.05) is 32.1 Å². The summed E-state index contributed by atoms with van der Waals surface area (Å²) in [5, 5.41) is 15.1. The van der Waals surface area contributed by atoms with E-state index in [2.05, 4.69) is 31.0 Å². The van der Waals surface area contributed by atoms with Crippen molar-refractivity contribution in [2.75, 3.05) is 31.5 Å². The largest absolute Gasteiger partial charge is 0.368 e. The molecule has 1 fully saturated rings. The van der Waals surface area contributed by atoms with Crippen LogP contribution < -0.4 is 16.0 Å². The van der Waals surface area contributed by atoms with E-state index < -0.39 is 0 Å². The molecule has 31 heavy (non-hydrogen) atoms. The van der Waals surface area contributed by atoms with Crippen LogP contribution in [0.15, 0.2) is 41.8 Å². The lowest BCUT2D eigenvalue weighted by molar-refractivity contribution is 0.615. The minimum absolute atomic E-state index is 0. The maximum Gasteiger partial charge on any atom is 0.191 e. The number of rotatable bonds is 8. The molecule has 0 unspecified atom stereocenters. The first kappa shape index (κ1) is 23.2. The Morgan fingerprint density at radius 1 is 1.23 bits per heavy atom. The number of fused-ring (bicyclic) bond motifs is 1. The Morgan fingerprint density at radius 3 is 2.81 bits per heavy atom. The van der Waals surface area contributed by atoms with Crippen molar-refractivity contribution in [3.8, 4) is 0 Å². The second-order valence-corrected chi connectivity index (χ2v) is 7.57. The van der Waals surface area contributed by atoms with Gasteiger partial charge < -0.3 is 16.0 Å². The second-order valence-electron chi connectivity index (χ2n) is 7.57. The van der Waals surface area contributed by atoms with Crippen LogP contribution in [0.1, 0.15) is 25.3 Å². The number of guanidine groups is 1. The Balaban J connectivity index is 0.00000272. The Hall–Kier alpha value is -2.50. The minimum Gasteiger partial charge on any atom is -0.368 e. The molecule has 0 amide bonds. The summed E-state index contributed by atoms with van der Waals surface area (Å²) in [5.74, 6) is 1.34. The molecule has 0 aliphatic heterocycles. The number of aliphatic imine (C=N–C) groups is 1. The first-order valence-corrected chi connectivity index (χ1v) is 10.3. The van der Waals surface area contributed by atoms with Crippen LogP contribution in [0.2, 0.25) is 0 Å². The van der Waals surface area contributed by atoms with Crippen LogP contribution in [0.25, 0.3) is 11.0 Å². The molecule has 0 bridgehead atoms. The van der Waals surface area contributed by atoms with Crippen molar-refractivity contribution < 1.29 is 4.39 Å². The van der Waals surface area contributed by atoms with E-state index in [1.165, 1.54) is 12.4 Å². The van der Waals surface area contributed by atoms with Crippen molar-refractivity contribution in [3.05, 3.63) is 48.2 Å². The molecule has 10 heteroatoms. The molecular weight excluding hydrogens is 510 g/mol. The molecule has 3 N–H and O–H groups in total. The normalized spacial score (nSPS) is 14.7. The zero-order chi connectivity index (χ0) is 21.0. The maximum absolute atomic E-state index is 13.6. The van der Waals surface area contributed by atoms with Crippen LogP contribution >= 0.6 is 24.0 Å². The Morgan fingerprint density at radius 2 is 2.06 bits per heavy atom. The highest BCUT2D eigenvalue weighted by atomic mass is 127. The molecule has 0 radical (unpaired) electrons. The highest BCUT2D eigenvalue weighted by Crippen LogP contribution is 2.48. The average Bonchev–Trinajstić information content (AvgIpc) is 3.45. The number of aryl methyl sites for hydroxylation is 1. The Bertz CT molecular complexity index is 1050. The predicted molar refractivity (Wildman–Crippen MR) is 132 cm³/mol. The smallest absolute Gasteiger partial charge is 0.191 e. The number of nitrogens with zero attached hydrogens (tertiary/aromatic N) is 5. The summed E-state index contributed by atoms with van der Waals surface area (Å²) < 4.78 is 15.3. The number of halogens is 2. The van der Waals surface area contributed by atoms with Crippen LogP contribution in [0.4, 0.5) is 10.2 Å². The molecule has 2 aromatic heterocycles. The van der Waals surface area contributed by atoms with Crippen LogP contribution in [-0.2, 0) is 12.5 Å². The summed E-state index contributed by atoms with van der Waals surface area (Å²) >= 11 is 0. The topological polar surface area (TPSA) is 92.1 Å². The molecule has 1 saturated carbocycles. The van der Waals surface area contributed by atoms with Gasteiger partial charge in [0.15, 0.2) is 11.6 Å². The van der Waals surface area contributed by atoms with Crippen molar-refractivity contribution in [2.24, 2.45) is 12.0 Å². The van der Waals surface area contributed by atoms with E-state index >= 15 is 0 Å². The summed E-state index contributed by atoms with van der Waals surface area (Å²) in [6.07, 6.45) is 5.37. The monoisotopic (exact) mass is 538 g/mol. The Kier molecular flexibility index (Phi) is 7.63.